The number of amides is 1. The number of aromatic nitrogens is 1. The summed E-state index contributed by atoms with van der Waals surface area (Å²) in [6.07, 6.45) is 4.61. The number of carbonyl (C=O) groups excluding carboxylic acids is 1. The topological polar surface area (TPSA) is 34.0 Å². The average Bonchev–Trinajstić information content (AvgIpc) is 2.74. The van der Waals surface area contributed by atoms with Crippen LogP contribution in [0.5, 0.6) is 0 Å². The van der Waals surface area contributed by atoms with Gasteiger partial charge in [0.2, 0.25) is 5.91 Å². The van der Waals surface area contributed by atoms with Gasteiger partial charge in [-0.1, -0.05) is 0 Å². The van der Waals surface area contributed by atoms with Crippen molar-refractivity contribution in [1.29, 1.82) is 0 Å². The van der Waals surface area contributed by atoms with Gasteiger partial charge in [0, 0.05) is 31.4 Å². The van der Waals surface area contributed by atoms with Crippen LogP contribution < -0.4 is 5.32 Å². The third kappa shape index (κ3) is 2.41. The van der Waals surface area contributed by atoms with Crippen molar-refractivity contribution in [2.75, 3.05) is 6.54 Å². The van der Waals surface area contributed by atoms with E-state index in [9.17, 15) is 4.79 Å². The number of nitrogens with zero attached hydrogens (tertiary/aromatic N) is 1. The highest BCUT2D eigenvalue weighted by Crippen LogP contribution is 2.19. The molecule has 0 radical (unpaired) electrons. The van der Waals surface area contributed by atoms with Crippen molar-refractivity contribution in [1.82, 2.24) is 9.88 Å². The largest absolute Gasteiger partial charge is 0.356 e. The fourth-order valence-electron chi connectivity index (χ4n) is 2.23. The van der Waals surface area contributed by atoms with Crippen LogP contribution in [0.4, 0.5) is 0 Å². The molecule has 0 unspecified atom stereocenters. The van der Waals surface area contributed by atoms with Crippen molar-refractivity contribution >= 4 is 5.91 Å². The van der Waals surface area contributed by atoms with E-state index in [2.05, 4.69) is 22.0 Å². The lowest BCUT2D eigenvalue weighted by Crippen LogP contribution is -2.21. The van der Waals surface area contributed by atoms with Crippen molar-refractivity contribution in [2.24, 2.45) is 0 Å². The van der Waals surface area contributed by atoms with Gasteiger partial charge < -0.3 is 9.88 Å². The molecule has 1 aliphatic rings. The Kier molecular flexibility index (Phi) is 3.09. The van der Waals surface area contributed by atoms with Gasteiger partial charge in [-0.3, -0.25) is 4.79 Å². The van der Waals surface area contributed by atoms with Gasteiger partial charge in [-0.05, 0) is 37.8 Å². The molecule has 1 amide bonds. The first-order valence-corrected chi connectivity index (χ1v) is 5.69. The van der Waals surface area contributed by atoms with E-state index in [1.54, 1.807) is 6.92 Å². The van der Waals surface area contributed by atoms with E-state index in [-0.39, 0.29) is 5.91 Å². The zero-order valence-corrected chi connectivity index (χ0v) is 9.25. The molecule has 82 valence electrons. The molecular formula is C12H18N2O. The molecule has 2 heterocycles. The predicted molar refractivity (Wildman–Crippen MR) is 59.8 cm³/mol. The maximum atomic E-state index is 10.7. The molecule has 1 aliphatic heterocycles. The normalized spacial score (nSPS) is 13.9. The molecule has 0 saturated carbocycles. The first kappa shape index (κ1) is 10.3. The van der Waals surface area contributed by atoms with Gasteiger partial charge in [-0.25, -0.2) is 0 Å². The summed E-state index contributed by atoms with van der Waals surface area (Å²) < 4.78 is 2.42. The summed E-state index contributed by atoms with van der Waals surface area (Å²) in [5, 5.41) is 2.83. The van der Waals surface area contributed by atoms with Crippen LogP contribution in [-0.2, 0) is 24.2 Å². The smallest absolute Gasteiger partial charge is 0.216 e. The number of nitrogens with one attached hydrogen (secondary N) is 1. The molecule has 0 spiro atoms. The number of carbonyl (C=O) groups is 1. The lowest BCUT2D eigenvalue weighted by molar-refractivity contribution is -0.118. The Morgan fingerprint density at radius 1 is 1.53 bits per heavy atom. The molecule has 15 heavy (non-hydrogen) atoms. The van der Waals surface area contributed by atoms with E-state index >= 15 is 0 Å². The van der Waals surface area contributed by atoms with Crippen molar-refractivity contribution in [3.8, 4) is 0 Å². The Bertz CT molecular complexity index is 355. The summed E-state index contributed by atoms with van der Waals surface area (Å²) in [7, 11) is 0. The SMILES string of the molecule is CC(=O)NCCCc1ccc2n1CCC2. The fraction of sp³-hybridized carbons (Fsp3) is 0.583. The van der Waals surface area contributed by atoms with Gasteiger partial charge >= 0.3 is 0 Å². The first-order chi connectivity index (χ1) is 7.27. The van der Waals surface area contributed by atoms with Gasteiger partial charge in [0.25, 0.3) is 0 Å². The summed E-state index contributed by atoms with van der Waals surface area (Å²) in [5.74, 6) is 0.0652. The third-order valence-corrected chi connectivity index (χ3v) is 2.96. The Morgan fingerprint density at radius 3 is 3.20 bits per heavy atom. The van der Waals surface area contributed by atoms with Crippen molar-refractivity contribution < 1.29 is 4.79 Å². The quantitative estimate of drug-likeness (QED) is 0.744. The van der Waals surface area contributed by atoms with Crippen LogP contribution in [0.1, 0.15) is 31.2 Å². The minimum Gasteiger partial charge on any atom is -0.356 e. The molecular weight excluding hydrogens is 188 g/mol. The van der Waals surface area contributed by atoms with Gasteiger partial charge in [0.15, 0.2) is 0 Å². The standard InChI is InChI=1S/C12H18N2O/c1-10(15)13-8-2-4-11-6-7-12-5-3-9-14(11)12/h6-7H,2-5,8-9H2,1H3,(H,13,15). The monoisotopic (exact) mass is 206 g/mol. The van der Waals surface area contributed by atoms with Crippen LogP contribution in [0.3, 0.4) is 0 Å². The van der Waals surface area contributed by atoms with Gasteiger partial charge in [0.05, 0.1) is 0 Å². The van der Waals surface area contributed by atoms with Crippen LogP contribution in [0, 0.1) is 0 Å². The highest BCUT2D eigenvalue weighted by atomic mass is 16.1. The third-order valence-electron chi connectivity index (χ3n) is 2.96. The molecule has 1 N–H and O–H groups in total. The van der Waals surface area contributed by atoms with Crippen molar-refractivity contribution in [3.05, 3.63) is 23.5 Å². The van der Waals surface area contributed by atoms with E-state index in [1.807, 2.05) is 0 Å². The number of rotatable bonds is 4. The van der Waals surface area contributed by atoms with Crippen LogP contribution in [0.25, 0.3) is 0 Å². The number of hydrogen-bond donors (Lipinski definition) is 1. The Labute approximate surface area is 90.5 Å². The maximum Gasteiger partial charge on any atom is 0.216 e. The first-order valence-electron chi connectivity index (χ1n) is 5.69. The predicted octanol–water partition coefficient (Wildman–Crippen LogP) is 1.50. The van der Waals surface area contributed by atoms with Crippen LogP contribution in [-0.4, -0.2) is 17.0 Å². The van der Waals surface area contributed by atoms with Crippen LogP contribution >= 0.6 is 0 Å². The van der Waals surface area contributed by atoms with Gasteiger partial charge in [0.1, 0.15) is 0 Å². The minimum atomic E-state index is 0.0652. The molecule has 3 nitrogen and oxygen atoms in total. The highest BCUT2D eigenvalue weighted by Gasteiger charge is 2.12. The van der Waals surface area contributed by atoms with Crippen molar-refractivity contribution in [2.45, 2.75) is 39.2 Å². The number of aryl methyl sites for hydroxylation is 2. The molecule has 0 aromatic carbocycles. The Balaban J connectivity index is 1.81. The zero-order valence-electron chi connectivity index (χ0n) is 9.25. The molecule has 3 heteroatoms. The maximum absolute atomic E-state index is 10.7. The Hall–Kier alpha value is -1.25. The summed E-state index contributed by atoms with van der Waals surface area (Å²) in [5.41, 5.74) is 2.90. The molecule has 0 aliphatic carbocycles. The second-order valence-electron chi connectivity index (χ2n) is 4.16. The number of hydrogen-bond acceptors (Lipinski definition) is 1. The molecule has 0 fully saturated rings. The second kappa shape index (κ2) is 4.51. The van der Waals surface area contributed by atoms with Crippen LogP contribution in [0.15, 0.2) is 12.1 Å². The van der Waals surface area contributed by atoms with E-state index in [1.165, 1.54) is 30.8 Å². The molecule has 0 saturated heterocycles. The Morgan fingerprint density at radius 2 is 2.40 bits per heavy atom. The summed E-state index contributed by atoms with van der Waals surface area (Å²) in [6.45, 7) is 3.53. The zero-order chi connectivity index (χ0) is 10.7. The van der Waals surface area contributed by atoms with Gasteiger partial charge in [-0.15, -0.1) is 0 Å². The van der Waals surface area contributed by atoms with E-state index < -0.39 is 0 Å². The highest BCUT2D eigenvalue weighted by molar-refractivity contribution is 5.72. The minimum absolute atomic E-state index is 0.0652. The average molecular weight is 206 g/mol. The lowest BCUT2D eigenvalue weighted by atomic mass is 10.2. The van der Waals surface area contributed by atoms with Crippen molar-refractivity contribution in [3.63, 3.8) is 0 Å². The molecule has 2 rings (SSSR count). The van der Waals surface area contributed by atoms with Crippen LogP contribution in [0.2, 0.25) is 0 Å². The van der Waals surface area contributed by atoms with E-state index in [4.69, 9.17) is 0 Å². The second-order valence-corrected chi connectivity index (χ2v) is 4.16. The number of fused-ring (bicyclic) bond motifs is 1. The lowest BCUT2D eigenvalue weighted by Gasteiger charge is -2.06. The fourth-order valence-corrected chi connectivity index (χ4v) is 2.23. The molecule has 1 aromatic rings. The molecule has 0 bridgehead atoms. The molecule has 1 aromatic heterocycles. The van der Waals surface area contributed by atoms with E-state index in [0.717, 1.165) is 19.4 Å². The summed E-state index contributed by atoms with van der Waals surface area (Å²) in [6, 6.07) is 4.46. The summed E-state index contributed by atoms with van der Waals surface area (Å²) in [4.78, 5) is 10.7. The molecule has 0 atom stereocenters. The van der Waals surface area contributed by atoms with Gasteiger partial charge in [-0.2, -0.15) is 0 Å². The summed E-state index contributed by atoms with van der Waals surface area (Å²) >= 11 is 0. The van der Waals surface area contributed by atoms with E-state index in [0.29, 0.717) is 0 Å².